The van der Waals surface area contributed by atoms with Gasteiger partial charge in [-0.2, -0.15) is 5.26 Å². The minimum Gasteiger partial charge on any atom is -0.334 e. The third-order valence-electron chi connectivity index (χ3n) is 5.45. The Balaban J connectivity index is 1.85. The van der Waals surface area contributed by atoms with Crippen LogP contribution < -0.4 is 4.72 Å². The molecule has 3 aromatic rings. The molecular weight excluding hydrogens is 405 g/mol. The molecule has 1 saturated carbocycles. The molecule has 0 amide bonds. The molecule has 1 fully saturated rings. The van der Waals surface area contributed by atoms with Crippen LogP contribution in [0.5, 0.6) is 0 Å². The summed E-state index contributed by atoms with van der Waals surface area (Å²) >= 11 is 0. The van der Waals surface area contributed by atoms with E-state index < -0.39 is 22.7 Å². The Bertz CT molecular complexity index is 1240. The summed E-state index contributed by atoms with van der Waals surface area (Å²) in [5.41, 5.74) is 3.14. The van der Waals surface area contributed by atoms with E-state index in [4.69, 9.17) is 0 Å². The van der Waals surface area contributed by atoms with Gasteiger partial charge in [-0.25, -0.2) is 27.5 Å². The third-order valence-corrected chi connectivity index (χ3v) is 6.99. The highest BCUT2D eigenvalue weighted by Crippen LogP contribution is 2.41. The number of nitrogens with zero attached hydrogens (tertiary/aromatic N) is 4. The number of aromatic nitrogens is 3. The van der Waals surface area contributed by atoms with Crippen molar-refractivity contribution in [3.05, 3.63) is 41.7 Å². The van der Waals surface area contributed by atoms with E-state index in [0.717, 1.165) is 35.7 Å². The van der Waals surface area contributed by atoms with E-state index in [2.05, 4.69) is 31.4 Å². The lowest BCUT2D eigenvalue weighted by atomic mass is 9.92. The van der Waals surface area contributed by atoms with Crippen LogP contribution >= 0.6 is 0 Å². The lowest BCUT2D eigenvalue weighted by molar-refractivity contribution is 0.323. The van der Waals surface area contributed by atoms with Crippen molar-refractivity contribution >= 4 is 20.9 Å². The number of hydrogen-bond donors (Lipinski definition) is 1. The van der Waals surface area contributed by atoms with E-state index in [-0.39, 0.29) is 10.9 Å². The summed E-state index contributed by atoms with van der Waals surface area (Å²) in [7, 11) is -3.92. The van der Waals surface area contributed by atoms with Gasteiger partial charge in [0.15, 0.2) is 5.82 Å². The maximum atomic E-state index is 12.7. The first kappa shape index (κ1) is 20.4. The average molecular weight is 428 g/mol. The van der Waals surface area contributed by atoms with Gasteiger partial charge >= 0.3 is 0 Å². The summed E-state index contributed by atoms with van der Waals surface area (Å²) in [6.45, 7) is 2.63. The zero-order chi connectivity index (χ0) is 21.5. The summed E-state index contributed by atoms with van der Waals surface area (Å²) in [5.74, 6) is 0.296. The Morgan fingerprint density at radius 3 is 2.60 bits per heavy atom. The minimum absolute atomic E-state index is 0.146. The highest BCUT2D eigenvalue weighted by Gasteiger charge is 2.29. The second-order valence-electron chi connectivity index (χ2n) is 7.73. The zero-order valence-corrected chi connectivity index (χ0v) is 17.6. The molecule has 1 aliphatic carbocycles. The van der Waals surface area contributed by atoms with Gasteiger partial charge in [0.25, 0.3) is 0 Å². The molecule has 4 rings (SSSR count). The van der Waals surface area contributed by atoms with Crippen LogP contribution in [0.2, 0.25) is 0 Å². The predicted octanol–water partition coefficient (Wildman–Crippen LogP) is 3.64. The first-order chi connectivity index (χ1) is 14.4. The van der Waals surface area contributed by atoms with Gasteiger partial charge < -0.3 is 4.57 Å². The fourth-order valence-corrected chi connectivity index (χ4v) is 4.83. The van der Waals surface area contributed by atoms with E-state index in [9.17, 15) is 18.1 Å². The highest BCUT2D eigenvalue weighted by atomic mass is 32.2. The van der Waals surface area contributed by atoms with Crippen LogP contribution in [0.1, 0.15) is 43.4 Å². The van der Waals surface area contributed by atoms with Crippen molar-refractivity contribution in [2.75, 3.05) is 6.67 Å². The lowest BCUT2D eigenvalue weighted by Gasteiger charge is -2.29. The maximum Gasteiger partial charge on any atom is 0.243 e. The third kappa shape index (κ3) is 3.46. The number of hydrogen-bond acceptors (Lipinski definition) is 5. The standard InChI is InChI=1S/C21H22FN5O2S/c1-13-6-7-17-18(10-23)20(27(19(17)8-13)15-4-3-5-15)21-24-11-16(12-25-21)30(28,29)26-14(2)9-22/h6-8,11-12,14-15,26H,3-5,9H2,1-2H3/t14-/m0/s1. The molecule has 0 spiro atoms. The summed E-state index contributed by atoms with van der Waals surface area (Å²) in [5, 5.41) is 10.7. The second kappa shape index (κ2) is 7.78. The molecule has 0 bridgehead atoms. The molecule has 0 saturated heterocycles. The number of halogens is 1. The van der Waals surface area contributed by atoms with Gasteiger partial charge in [-0.05, 0) is 44.7 Å². The Morgan fingerprint density at radius 2 is 2.03 bits per heavy atom. The van der Waals surface area contributed by atoms with Crippen LogP contribution in [0.25, 0.3) is 22.4 Å². The van der Waals surface area contributed by atoms with Gasteiger partial charge in [0.2, 0.25) is 10.0 Å². The highest BCUT2D eigenvalue weighted by molar-refractivity contribution is 7.89. The van der Waals surface area contributed by atoms with E-state index in [0.29, 0.717) is 17.1 Å². The van der Waals surface area contributed by atoms with Crippen molar-refractivity contribution in [3.63, 3.8) is 0 Å². The first-order valence-corrected chi connectivity index (χ1v) is 11.3. The fraction of sp³-hybridized carbons (Fsp3) is 0.381. The van der Waals surface area contributed by atoms with Gasteiger partial charge in [-0.1, -0.05) is 12.1 Å². The van der Waals surface area contributed by atoms with Crippen LogP contribution in [0, 0.1) is 18.3 Å². The molecule has 1 aromatic carbocycles. The molecule has 2 heterocycles. The zero-order valence-electron chi connectivity index (χ0n) is 16.8. The maximum absolute atomic E-state index is 12.7. The number of rotatable bonds is 6. The van der Waals surface area contributed by atoms with Crippen molar-refractivity contribution in [3.8, 4) is 17.6 Å². The minimum atomic E-state index is -3.92. The topological polar surface area (TPSA) is 101 Å². The quantitative estimate of drug-likeness (QED) is 0.647. The SMILES string of the molecule is Cc1ccc2c(C#N)c(-c3ncc(S(=O)(=O)N[C@@H](C)CF)cn3)n(C3CCC3)c2c1. The molecule has 1 N–H and O–H groups in total. The number of nitriles is 1. The van der Waals surface area contributed by atoms with Gasteiger partial charge in [-0.3, -0.25) is 0 Å². The van der Waals surface area contributed by atoms with E-state index >= 15 is 0 Å². The molecule has 1 aliphatic rings. The molecule has 0 unspecified atom stereocenters. The van der Waals surface area contributed by atoms with Crippen molar-refractivity contribution < 1.29 is 12.8 Å². The second-order valence-corrected chi connectivity index (χ2v) is 9.44. The van der Waals surface area contributed by atoms with E-state index in [1.165, 1.54) is 19.3 Å². The largest absolute Gasteiger partial charge is 0.334 e. The van der Waals surface area contributed by atoms with E-state index in [1.54, 1.807) is 0 Å². The summed E-state index contributed by atoms with van der Waals surface area (Å²) < 4.78 is 41.8. The summed E-state index contributed by atoms with van der Waals surface area (Å²) in [6.07, 6.45) is 5.53. The van der Waals surface area contributed by atoms with Gasteiger partial charge in [0.05, 0.1) is 23.5 Å². The van der Waals surface area contributed by atoms with Gasteiger partial charge in [0.1, 0.15) is 23.3 Å². The van der Waals surface area contributed by atoms with E-state index in [1.807, 2.05) is 19.1 Å². The van der Waals surface area contributed by atoms with Crippen LogP contribution in [0.3, 0.4) is 0 Å². The molecule has 1 atom stereocenters. The smallest absolute Gasteiger partial charge is 0.243 e. The van der Waals surface area contributed by atoms with Crippen LogP contribution in [0.4, 0.5) is 4.39 Å². The number of alkyl halides is 1. The molecule has 2 aromatic heterocycles. The van der Waals surface area contributed by atoms with Crippen LogP contribution in [-0.2, 0) is 10.0 Å². The lowest BCUT2D eigenvalue weighted by Crippen LogP contribution is -2.34. The number of nitrogens with one attached hydrogen (secondary N) is 1. The molecule has 9 heteroatoms. The Labute approximate surface area is 174 Å². The predicted molar refractivity (Wildman–Crippen MR) is 111 cm³/mol. The van der Waals surface area contributed by atoms with Crippen LogP contribution in [-0.4, -0.2) is 35.7 Å². The average Bonchev–Trinajstić information content (AvgIpc) is 2.99. The van der Waals surface area contributed by atoms with Crippen molar-refractivity contribution in [1.82, 2.24) is 19.3 Å². The van der Waals surface area contributed by atoms with Crippen molar-refractivity contribution in [2.45, 2.75) is 50.1 Å². The van der Waals surface area contributed by atoms with Crippen molar-refractivity contribution in [1.29, 1.82) is 5.26 Å². The normalized spacial score (nSPS) is 15.7. The van der Waals surface area contributed by atoms with Crippen LogP contribution in [0.15, 0.2) is 35.5 Å². The van der Waals surface area contributed by atoms with Crippen molar-refractivity contribution in [2.24, 2.45) is 0 Å². The molecular formula is C21H22FN5O2S. The Kier molecular flexibility index (Phi) is 5.30. The molecule has 0 radical (unpaired) electrons. The first-order valence-electron chi connectivity index (χ1n) is 9.81. The molecule has 30 heavy (non-hydrogen) atoms. The molecule has 7 nitrogen and oxygen atoms in total. The number of sulfonamides is 1. The number of benzene rings is 1. The fourth-order valence-electron chi connectivity index (χ4n) is 3.72. The Hall–Kier alpha value is -2.83. The molecule has 0 aliphatic heterocycles. The Morgan fingerprint density at radius 1 is 1.33 bits per heavy atom. The number of aryl methyl sites for hydroxylation is 1. The van der Waals surface area contributed by atoms with Gasteiger partial charge in [-0.15, -0.1) is 0 Å². The van der Waals surface area contributed by atoms with Gasteiger partial charge in [0, 0.05) is 17.5 Å². The molecule has 156 valence electrons. The summed E-state index contributed by atoms with van der Waals surface area (Å²) in [4.78, 5) is 8.41. The monoisotopic (exact) mass is 427 g/mol. The number of fused-ring (bicyclic) bond motifs is 1. The summed E-state index contributed by atoms with van der Waals surface area (Å²) in [6, 6.07) is 7.65.